The van der Waals surface area contributed by atoms with Crippen molar-refractivity contribution in [2.24, 2.45) is 0 Å². The van der Waals surface area contributed by atoms with Gasteiger partial charge in [0, 0.05) is 44.2 Å². The Hall–Kier alpha value is -4.67. The van der Waals surface area contributed by atoms with Crippen molar-refractivity contribution < 1.29 is 63.1 Å². The quantitative estimate of drug-likeness (QED) is 0.213. The zero-order valence-corrected chi connectivity index (χ0v) is 50.3. The molecule has 2 radical (unpaired) electrons. The molecule has 12 rings (SSSR count). The van der Waals surface area contributed by atoms with Gasteiger partial charge in [0.05, 0.1) is 0 Å². The van der Waals surface area contributed by atoms with Crippen LogP contribution in [0.4, 0.5) is 0 Å². The highest BCUT2D eigenvalue weighted by Crippen LogP contribution is 2.42. The molecule has 4 heterocycles. The van der Waals surface area contributed by atoms with Crippen molar-refractivity contribution >= 4 is 130 Å². The van der Waals surface area contributed by atoms with E-state index in [1.54, 1.807) is 0 Å². The summed E-state index contributed by atoms with van der Waals surface area (Å²) >= 11 is 0. The second-order valence-corrected chi connectivity index (χ2v) is 44.6. The second-order valence-electron chi connectivity index (χ2n) is 18.0. The summed E-state index contributed by atoms with van der Waals surface area (Å²) in [5.74, 6) is 0. The Morgan fingerprint density at radius 1 is 0.240 bits per heavy atom. The summed E-state index contributed by atoms with van der Waals surface area (Å²) in [6.07, 6.45) is 0. The fourth-order valence-corrected chi connectivity index (χ4v) is 54.7. The van der Waals surface area contributed by atoms with E-state index in [4.69, 9.17) is 53.5 Å². The zero-order chi connectivity index (χ0) is 51.3. The first kappa shape index (κ1) is 51.1. The molecule has 0 amide bonds. The molecule has 0 aromatic heterocycles. The Balaban J connectivity index is 1.32. The van der Waals surface area contributed by atoms with E-state index in [1.807, 2.05) is 243 Å². The van der Waals surface area contributed by atoms with Crippen molar-refractivity contribution in [3.05, 3.63) is 243 Å². The predicted octanol–water partition coefficient (Wildman–Crippen LogP) is 2.25. The number of hydrogen-bond donors (Lipinski definition) is 2. The molecule has 378 valence electrons. The van der Waals surface area contributed by atoms with Gasteiger partial charge >= 0.3 is 89.0 Å². The Kier molecular flexibility index (Phi) is 13.8. The summed E-state index contributed by atoms with van der Waals surface area (Å²) < 4.78 is 101. The average molecular weight is 1170 g/mol. The van der Waals surface area contributed by atoms with Crippen LogP contribution in [0.1, 0.15) is 0 Å². The van der Waals surface area contributed by atoms with E-state index in [1.165, 1.54) is 13.1 Å². The minimum absolute atomic E-state index is 0.385. The molecular weight excluding hydrogens is 1120 g/mol. The summed E-state index contributed by atoms with van der Waals surface area (Å²) in [6, 6.07) is 73.8. The van der Waals surface area contributed by atoms with Crippen molar-refractivity contribution in [2.75, 3.05) is 0 Å². The van der Waals surface area contributed by atoms with Crippen LogP contribution in [0.15, 0.2) is 243 Å². The van der Waals surface area contributed by atoms with E-state index in [2.05, 4.69) is 0 Å². The van der Waals surface area contributed by atoms with Gasteiger partial charge in [0.1, 0.15) is 0 Å². The number of hydrogen-bond acceptors (Lipinski definition) is 15. The molecule has 15 nitrogen and oxygen atoms in total. The monoisotopic (exact) mass is 1170 g/mol. The van der Waals surface area contributed by atoms with Gasteiger partial charge in [0.2, 0.25) is 0 Å². The molecule has 0 saturated carbocycles. The number of benzene rings is 8. The topological polar surface area (TPSA) is 160 Å². The Bertz CT molecular complexity index is 3180. The van der Waals surface area contributed by atoms with Gasteiger partial charge in [-0.05, 0) is 10.4 Å². The lowest BCUT2D eigenvalue weighted by Gasteiger charge is -2.56. The van der Waals surface area contributed by atoms with Crippen molar-refractivity contribution in [3.8, 4) is 0 Å². The highest BCUT2D eigenvalue weighted by Gasteiger charge is 2.79. The SMILES string of the molecule is C[Si]1(O)O[Si](c2ccccc2)O[Si]2(c3ccccc3)O[Si]3(c4ccccc4)O[Si](c4ccccc4)O[Si]4(c5ccccc5)O[Si](c5ccccc5)(O1)O[Si](c1ccccc1)(O2)O[Si](c1ccccc1)(O[Si](C)(O)O3)O4. The van der Waals surface area contributed by atoms with Gasteiger partial charge in [-0.2, -0.15) is 0 Å². The van der Waals surface area contributed by atoms with Gasteiger partial charge in [0.15, 0.2) is 0 Å². The van der Waals surface area contributed by atoms with E-state index in [0.29, 0.717) is 41.5 Å². The molecule has 4 fully saturated rings. The third kappa shape index (κ3) is 9.99. The molecule has 4 aliphatic heterocycles. The Morgan fingerprint density at radius 2 is 0.440 bits per heavy atom. The molecule has 8 aromatic rings. The van der Waals surface area contributed by atoms with E-state index in [-0.39, 0.29) is 0 Å². The van der Waals surface area contributed by atoms with Crippen LogP contribution < -0.4 is 41.5 Å². The summed E-state index contributed by atoms with van der Waals surface area (Å²) in [5, 5.41) is 3.58. The molecule has 4 saturated heterocycles. The lowest BCUT2D eigenvalue weighted by Crippen LogP contribution is -2.89. The van der Waals surface area contributed by atoms with Gasteiger partial charge in [-0.3, -0.25) is 0 Å². The molecule has 0 aliphatic carbocycles. The molecule has 8 unspecified atom stereocenters. The van der Waals surface area contributed by atoms with Crippen LogP contribution in [0.2, 0.25) is 13.1 Å². The normalized spacial score (nSPS) is 32.4. The van der Waals surface area contributed by atoms with Gasteiger partial charge < -0.3 is 63.1 Å². The van der Waals surface area contributed by atoms with Gasteiger partial charge in [-0.25, -0.2) is 0 Å². The summed E-state index contributed by atoms with van der Waals surface area (Å²) in [7, 11) is -46.3. The molecule has 8 atom stereocenters. The molecule has 6 bridgehead atoms. The standard InChI is InChI=1S/C50H48O15Si10/c1-68(51)53-66(43-27-11-3-12-28-43)54-71(46-33-17-6-18-34-46)60-70(45-31-15-5-16-32-45)55-67(44-29-13-4-14-30-44)56-72(47-35-19-7-20-36-47)61-73(57-68,48-37-21-8-22-38-48)64-75(63-71,50-41-25-10-26-42-50)65-74(62-72,59-69(2,52)58-70)49-39-23-9-24-40-49/h3-42,51-52H,1-2H3. The highest BCUT2D eigenvalue weighted by atomic mass is 28.6. The van der Waals surface area contributed by atoms with Gasteiger partial charge in [0.25, 0.3) is 0 Å². The minimum Gasteiger partial charge on any atom is -0.391 e. The lowest BCUT2D eigenvalue weighted by molar-refractivity contribution is 0.0463. The van der Waals surface area contributed by atoms with Gasteiger partial charge in [-0.1, -0.05) is 243 Å². The number of rotatable bonds is 8. The minimum atomic E-state index is -5.19. The van der Waals surface area contributed by atoms with Crippen LogP contribution in [0.5, 0.6) is 0 Å². The first-order valence-corrected chi connectivity index (χ1v) is 41.5. The van der Waals surface area contributed by atoms with Crippen molar-refractivity contribution in [1.29, 1.82) is 0 Å². The molecule has 2 N–H and O–H groups in total. The third-order valence-electron chi connectivity index (χ3n) is 12.3. The molecule has 4 aliphatic rings. The van der Waals surface area contributed by atoms with Gasteiger partial charge in [-0.15, -0.1) is 0 Å². The van der Waals surface area contributed by atoms with E-state index < -0.39 is 89.0 Å². The maximum atomic E-state index is 13.6. The van der Waals surface area contributed by atoms with Crippen LogP contribution in [0.25, 0.3) is 0 Å². The zero-order valence-electron chi connectivity index (χ0n) is 40.3. The maximum Gasteiger partial charge on any atom is 0.515 e. The Labute approximate surface area is 446 Å². The molecule has 25 heteroatoms. The van der Waals surface area contributed by atoms with Crippen LogP contribution in [0.3, 0.4) is 0 Å². The largest absolute Gasteiger partial charge is 0.515 e. The number of fused-ring (bicyclic) bond motifs is 6. The van der Waals surface area contributed by atoms with Crippen molar-refractivity contribution in [1.82, 2.24) is 0 Å². The highest BCUT2D eigenvalue weighted by molar-refractivity contribution is 7.09. The summed E-state index contributed by atoms with van der Waals surface area (Å²) in [6.45, 7) is 3.01. The average Bonchev–Trinajstić information content (AvgIpc) is 3.46. The fourth-order valence-electron chi connectivity index (χ4n) is 9.10. The van der Waals surface area contributed by atoms with Crippen LogP contribution in [-0.4, -0.2) is 98.6 Å². The smallest absolute Gasteiger partial charge is 0.391 e. The van der Waals surface area contributed by atoms with E-state index in [0.717, 1.165) is 0 Å². The van der Waals surface area contributed by atoms with E-state index in [9.17, 15) is 9.59 Å². The molecule has 8 aromatic carbocycles. The van der Waals surface area contributed by atoms with E-state index >= 15 is 0 Å². The van der Waals surface area contributed by atoms with Crippen molar-refractivity contribution in [2.45, 2.75) is 13.1 Å². The first-order valence-electron chi connectivity index (χ1n) is 24.0. The Morgan fingerprint density at radius 3 is 0.760 bits per heavy atom. The summed E-state index contributed by atoms with van der Waals surface area (Å²) in [4.78, 5) is 27.0. The van der Waals surface area contributed by atoms with Crippen LogP contribution in [0, 0.1) is 0 Å². The molecular formula is C50H48O15Si10. The predicted molar refractivity (Wildman–Crippen MR) is 296 cm³/mol. The molecule has 0 spiro atoms. The van der Waals surface area contributed by atoms with Crippen LogP contribution >= 0.6 is 0 Å². The van der Waals surface area contributed by atoms with Crippen molar-refractivity contribution in [3.63, 3.8) is 0 Å². The molecule has 75 heavy (non-hydrogen) atoms. The lowest BCUT2D eigenvalue weighted by atomic mass is 10.4. The summed E-state index contributed by atoms with van der Waals surface area (Å²) in [5.41, 5.74) is 0. The second kappa shape index (κ2) is 20.3. The van der Waals surface area contributed by atoms with Crippen LogP contribution in [-0.2, 0) is 53.5 Å². The first-order chi connectivity index (χ1) is 36.3. The fraction of sp³-hybridized carbons (Fsp3) is 0.0400. The third-order valence-corrected chi connectivity index (χ3v) is 48.6. The maximum absolute atomic E-state index is 13.6.